The maximum Gasteiger partial charge on any atom is 0.416 e. The van der Waals surface area contributed by atoms with Crippen molar-refractivity contribution >= 4 is 17.6 Å². The Labute approximate surface area is 134 Å². The number of amides is 2. The first kappa shape index (κ1) is 16.0. The Hall–Kier alpha value is -2.84. The van der Waals surface area contributed by atoms with Crippen molar-refractivity contribution in [2.45, 2.75) is 25.1 Å². The van der Waals surface area contributed by atoms with Crippen molar-refractivity contribution in [3.8, 4) is 5.69 Å². The number of hydrogen-bond acceptors (Lipinski definition) is 3. The van der Waals surface area contributed by atoms with Crippen molar-refractivity contribution in [2.24, 2.45) is 0 Å². The summed E-state index contributed by atoms with van der Waals surface area (Å²) < 4.78 is 39.5. The van der Waals surface area contributed by atoms with E-state index in [1.807, 2.05) is 0 Å². The van der Waals surface area contributed by atoms with Crippen LogP contribution < -0.4 is 10.6 Å². The largest absolute Gasteiger partial charge is 0.416 e. The maximum atomic E-state index is 12.7. The standard InChI is InChI=1S/C15H13F3N4O2/c16-15(17,18)9-2-1-3-10(8-9)22-7-6-12(21-22)20-14(24)11-4-5-13(23)19-11/h1-3,6-8,11H,4-5H2,(H,19,23)(H,20,21,24)/t11-/m1/s1. The summed E-state index contributed by atoms with van der Waals surface area (Å²) in [5.41, 5.74) is -0.561. The molecule has 1 aromatic carbocycles. The molecule has 0 saturated carbocycles. The lowest BCUT2D eigenvalue weighted by atomic mass is 10.2. The number of hydrogen-bond donors (Lipinski definition) is 2. The number of benzene rings is 1. The van der Waals surface area contributed by atoms with Gasteiger partial charge in [0.2, 0.25) is 11.8 Å². The second-order valence-electron chi connectivity index (χ2n) is 5.34. The third-order valence-corrected chi connectivity index (χ3v) is 3.59. The molecule has 0 bridgehead atoms. The predicted molar refractivity (Wildman–Crippen MR) is 78.4 cm³/mol. The Bertz CT molecular complexity index is 785. The summed E-state index contributed by atoms with van der Waals surface area (Å²) in [5, 5.41) is 9.10. The van der Waals surface area contributed by atoms with Crippen LogP contribution in [0.1, 0.15) is 18.4 Å². The zero-order valence-corrected chi connectivity index (χ0v) is 12.3. The molecule has 9 heteroatoms. The number of nitrogens with one attached hydrogen (secondary N) is 2. The smallest absolute Gasteiger partial charge is 0.344 e. The minimum absolute atomic E-state index is 0.190. The Morgan fingerprint density at radius 2 is 2.12 bits per heavy atom. The molecule has 2 heterocycles. The summed E-state index contributed by atoms with van der Waals surface area (Å²) in [7, 11) is 0. The van der Waals surface area contributed by atoms with E-state index in [0.29, 0.717) is 6.42 Å². The van der Waals surface area contributed by atoms with Crippen LogP contribution in [0.3, 0.4) is 0 Å². The SMILES string of the molecule is O=C1CC[C@H](C(=O)Nc2ccn(-c3cccc(C(F)(F)F)c3)n2)N1. The van der Waals surface area contributed by atoms with Gasteiger partial charge in [0, 0.05) is 18.7 Å². The summed E-state index contributed by atoms with van der Waals surface area (Å²) in [5.74, 6) is -0.404. The molecule has 1 fully saturated rings. The third-order valence-electron chi connectivity index (χ3n) is 3.59. The van der Waals surface area contributed by atoms with Crippen LogP contribution in [0.15, 0.2) is 36.5 Å². The van der Waals surface area contributed by atoms with E-state index in [9.17, 15) is 22.8 Å². The molecule has 0 aliphatic carbocycles. The monoisotopic (exact) mass is 338 g/mol. The van der Waals surface area contributed by atoms with Gasteiger partial charge >= 0.3 is 6.18 Å². The molecular formula is C15H13F3N4O2. The molecule has 0 unspecified atom stereocenters. The molecule has 2 aromatic rings. The average Bonchev–Trinajstić information content (AvgIpc) is 3.16. The van der Waals surface area contributed by atoms with Crippen molar-refractivity contribution in [3.05, 3.63) is 42.1 Å². The van der Waals surface area contributed by atoms with Gasteiger partial charge in [-0.25, -0.2) is 4.68 Å². The Morgan fingerprint density at radius 1 is 1.33 bits per heavy atom. The molecule has 0 spiro atoms. The molecule has 0 radical (unpaired) electrons. The molecule has 3 rings (SSSR count). The van der Waals surface area contributed by atoms with Crippen LogP contribution in [0.25, 0.3) is 5.69 Å². The zero-order valence-electron chi connectivity index (χ0n) is 12.3. The fraction of sp³-hybridized carbons (Fsp3) is 0.267. The van der Waals surface area contributed by atoms with Crippen LogP contribution in [0.5, 0.6) is 0 Å². The lowest BCUT2D eigenvalue weighted by Crippen LogP contribution is -2.37. The van der Waals surface area contributed by atoms with Crippen molar-refractivity contribution in [2.75, 3.05) is 5.32 Å². The van der Waals surface area contributed by atoms with Crippen molar-refractivity contribution in [1.29, 1.82) is 0 Å². The van der Waals surface area contributed by atoms with E-state index in [4.69, 9.17) is 0 Å². The molecule has 6 nitrogen and oxygen atoms in total. The number of nitrogens with zero attached hydrogens (tertiary/aromatic N) is 2. The van der Waals surface area contributed by atoms with Gasteiger partial charge in [0.05, 0.1) is 11.3 Å². The summed E-state index contributed by atoms with van der Waals surface area (Å²) in [6.07, 6.45) is -2.31. The summed E-state index contributed by atoms with van der Waals surface area (Å²) in [4.78, 5) is 23.1. The van der Waals surface area contributed by atoms with Gasteiger partial charge < -0.3 is 10.6 Å². The third kappa shape index (κ3) is 3.39. The predicted octanol–water partition coefficient (Wildman–Crippen LogP) is 2.11. The minimum atomic E-state index is -4.44. The van der Waals surface area contributed by atoms with Gasteiger partial charge in [0.1, 0.15) is 6.04 Å². The maximum absolute atomic E-state index is 12.7. The van der Waals surface area contributed by atoms with Crippen molar-refractivity contribution in [1.82, 2.24) is 15.1 Å². The van der Waals surface area contributed by atoms with Crippen LogP contribution in [-0.4, -0.2) is 27.6 Å². The summed E-state index contributed by atoms with van der Waals surface area (Å²) >= 11 is 0. The molecule has 1 aromatic heterocycles. The van der Waals surface area contributed by atoms with Gasteiger partial charge in [-0.3, -0.25) is 9.59 Å². The van der Waals surface area contributed by atoms with E-state index >= 15 is 0 Å². The lowest BCUT2D eigenvalue weighted by Gasteiger charge is -2.09. The first-order valence-electron chi connectivity index (χ1n) is 7.16. The van der Waals surface area contributed by atoms with Gasteiger partial charge in [-0.1, -0.05) is 6.07 Å². The zero-order chi connectivity index (χ0) is 17.3. The first-order chi connectivity index (χ1) is 11.3. The number of halogens is 3. The van der Waals surface area contributed by atoms with Crippen LogP contribution in [0, 0.1) is 0 Å². The molecule has 2 N–H and O–H groups in total. The van der Waals surface area contributed by atoms with Gasteiger partial charge in [-0.2, -0.15) is 18.3 Å². The summed E-state index contributed by atoms with van der Waals surface area (Å²) in [6.45, 7) is 0. The number of alkyl halides is 3. The highest BCUT2D eigenvalue weighted by atomic mass is 19.4. The average molecular weight is 338 g/mol. The fourth-order valence-electron chi connectivity index (χ4n) is 2.38. The Balaban J connectivity index is 1.74. The molecule has 1 atom stereocenters. The number of anilines is 1. The van der Waals surface area contributed by atoms with E-state index in [-0.39, 0.29) is 23.8 Å². The molecule has 2 amide bonds. The molecule has 1 aliphatic heterocycles. The molecule has 24 heavy (non-hydrogen) atoms. The van der Waals surface area contributed by atoms with Crippen LogP contribution >= 0.6 is 0 Å². The molecular weight excluding hydrogens is 325 g/mol. The molecule has 1 saturated heterocycles. The lowest BCUT2D eigenvalue weighted by molar-refractivity contribution is -0.137. The van der Waals surface area contributed by atoms with Gasteiger partial charge in [0.15, 0.2) is 5.82 Å². The van der Waals surface area contributed by atoms with Gasteiger partial charge in [-0.15, -0.1) is 0 Å². The fourth-order valence-corrected chi connectivity index (χ4v) is 2.38. The summed E-state index contributed by atoms with van der Waals surface area (Å²) in [6, 6.07) is 5.55. The van der Waals surface area contributed by atoms with E-state index in [0.717, 1.165) is 12.1 Å². The van der Waals surface area contributed by atoms with Crippen LogP contribution in [0.4, 0.5) is 19.0 Å². The van der Waals surface area contributed by atoms with Gasteiger partial charge in [0.25, 0.3) is 0 Å². The molecule has 126 valence electrons. The Kier molecular flexibility index (Phi) is 4.00. The van der Waals surface area contributed by atoms with E-state index in [1.165, 1.54) is 29.1 Å². The second-order valence-corrected chi connectivity index (χ2v) is 5.34. The topological polar surface area (TPSA) is 76.0 Å². The van der Waals surface area contributed by atoms with Gasteiger partial charge in [-0.05, 0) is 24.6 Å². The van der Waals surface area contributed by atoms with Crippen molar-refractivity contribution < 1.29 is 22.8 Å². The number of rotatable bonds is 3. The Morgan fingerprint density at radius 3 is 2.79 bits per heavy atom. The number of aromatic nitrogens is 2. The van der Waals surface area contributed by atoms with Crippen molar-refractivity contribution in [3.63, 3.8) is 0 Å². The first-order valence-corrected chi connectivity index (χ1v) is 7.16. The number of carbonyl (C=O) groups excluding carboxylic acids is 2. The second kappa shape index (κ2) is 5.99. The highest BCUT2D eigenvalue weighted by molar-refractivity contribution is 5.98. The molecule has 1 aliphatic rings. The quantitative estimate of drug-likeness (QED) is 0.900. The highest BCUT2D eigenvalue weighted by Crippen LogP contribution is 2.30. The number of carbonyl (C=O) groups is 2. The van der Waals surface area contributed by atoms with E-state index < -0.39 is 23.7 Å². The normalized spacial score (nSPS) is 17.6. The highest BCUT2D eigenvalue weighted by Gasteiger charge is 2.30. The minimum Gasteiger partial charge on any atom is -0.344 e. The van der Waals surface area contributed by atoms with E-state index in [2.05, 4.69) is 15.7 Å². The van der Waals surface area contributed by atoms with E-state index in [1.54, 1.807) is 0 Å². The van der Waals surface area contributed by atoms with Crippen LogP contribution in [-0.2, 0) is 15.8 Å². The van der Waals surface area contributed by atoms with Crippen LogP contribution in [0.2, 0.25) is 0 Å².